The lowest BCUT2D eigenvalue weighted by Crippen LogP contribution is -2.34. The standard InChI is InChI=1S/C12H15N3O3/c16-12(14-7-2-5-13-6-8-14)10-3-1-4-11(9-10)15(17)18/h1,3-4,9,13H,2,5-8H2. The van der Waals surface area contributed by atoms with Crippen LogP contribution in [0.4, 0.5) is 5.69 Å². The Morgan fingerprint density at radius 3 is 2.94 bits per heavy atom. The zero-order chi connectivity index (χ0) is 13.0. The van der Waals surface area contributed by atoms with E-state index in [4.69, 9.17) is 0 Å². The van der Waals surface area contributed by atoms with Crippen LogP contribution in [0.15, 0.2) is 24.3 Å². The highest BCUT2D eigenvalue weighted by Crippen LogP contribution is 2.15. The van der Waals surface area contributed by atoms with Crippen LogP contribution in [0.2, 0.25) is 0 Å². The van der Waals surface area contributed by atoms with Crippen molar-refractivity contribution < 1.29 is 9.72 Å². The minimum Gasteiger partial charge on any atom is -0.337 e. The molecule has 0 atom stereocenters. The molecule has 1 amide bonds. The molecule has 1 heterocycles. The number of nitro groups is 1. The van der Waals surface area contributed by atoms with Crippen molar-refractivity contribution in [3.63, 3.8) is 0 Å². The van der Waals surface area contributed by atoms with Crippen molar-refractivity contribution >= 4 is 11.6 Å². The molecule has 1 aromatic rings. The largest absolute Gasteiger partial charge is 0.337 e. The molecule has 0 saturated carbocycles. The van der Waals surface area contributed by atoms with Crippen molar-refractivity contribution in [3.05, 3.63) is 39.9 Å². The quantitative estimate of drug-likeness (QED) is 0.627. The number of hydrogen-bond donors (Lipinski definition) is 1. The molecule has 96 valence electrons. The van der Waals surface area contributed by atoms with E-state index in [1.54, 1.807) is 17.0 Å². The fourth-order valence-corrected chi connectivity index (χ4v) is 1.98. The predicted octanol–water partition coefficient (Wildman–Crippen LogP) is 1.03. The first-order valence-electron chi connectivity index (χ1n) is 5.93. The molecule has 0 radical (unpaired) electrons. The number of amides is 1. The number of benzene rings is 1. The normalized spacial score (nSPS) is 16.1. The average Bonchev–Trinajstić information content (AvgIpc) is 2.67. The van der Waals surface area contributed by atoms with E-state index in [-0.39, 0.29) is 11.6 Å². The molecule has 1 N–H and O–H groups in total. The molecule has 1 aromatic carbocycles. The van der Waals surface area contributed by atoms with Crippen LogP contribution in [0.5, 0.6) is 0 Å². The highest BCUT2D eigenvalue weighted by atomic mass is 16.6. The van der Waals surface area contributed by atoms with E-state index in [0.29, 0.717) is 18.7 Å². The van der Waals surface area contributed by atoms with E-state index in [0.717, 1.165) is 19.5 Å². The molecule has 6 nitrogen and oxygen atoms in total. The van der Waals surface area contributed by atoms with Crippen LogP contribution >= 0.6 is 0 Å². The van der Waals surface area contributed by atoms with E-state index in [2.05, 4.69) is 5.32 Å². The summed E-state index contributed by atoms with van der Waals surface area (Å²) in [6, 6.07) is 5.89. The van der Waals surface area contributed by atoms with E-state index >= 15 is 0 Å². The van der Waals surface area contributed by atoms with Gasteiger partial charge in [0.05, 0.1) is 4.92 Å². The summed E-state index contributed by atoms with van der Waals surface area (Å²) in [6.45, 7) is 3.00. The third-order valence-corrected chi connectivity index (χ3v) is 2.93. The number of nitrogens with zero attached hydrogens (tertiary/aromatic N) is 2. The molecule has 1 fully saturated rings. The number of nitrogens with one attached hydrogen (secondary N) is 1. The molecule has 1 aliphatic rings. The van der Waals surface area contributed by atoms with Crippen molar-refractivity contribution in [1.29, 1.82) is 0 Å². The summed E-state index contributed by atoms with van der Waals surface area (Å²) >= 11 is 0. The number of hydrogen-bond acceptors (Lipinski definition) is 4. The summed E-state index contributed by atoms with van der Waals surface area (Å²) in [4.78, 5) is 24.1. The Labute approximate surface area is 105 Å². The first-order chi connectivity index (χ1) is 8.68. The van der Waals surface area contributed by atoms with Crippen molar-refractivity contribution in [2.75, 3.05) is 26.2 Å². The third-order valence-electron chi connectivity index (χ3n) is 2.93. The van der Waals surface area contributed by atoms with Crippen LogP contribution in [-0.4, -0.2) is 41.9 Å². The zero-order valence-electron chi connectivity index (χ0n) is 9.96. The van der Waals surface area contributed by atoms with Gasteiger partial charge in [-0.05, 0) is 19.0 Å². The van der Waals surface area contributed by atoms with Gasteiger partial charge >= 0.3 is 0 Å². The Bertz CT molecular complexity index is 454. The maximum atomic E-state index is 12.2. The molecule has 0 bridgehead atoms. The minimum absolute atomic E-state index is 0.0474. The molecule has 6 heteroatoms. The maximum absolute atomic E-state index is 12.2. The maximum Gasteiger partial charge on any atom is 0.270 e. The number of non-ortho nitro benzene ring substituents is 1. The molecular formula is C12H15N3O3. The minimum atomic E-state index is -0.485. The fraction of sp³-hybridized carbons (Fsp3) is 0.417. The van der Waals surface area contributed by atoms with Gasteiger partial charge in [-0.3, -0.25) is 14.9 Å². The van der Waals surface area contributed by atoms with Gasteiger partial charge in [0.25, 0.3) is 11.6 Å². The van der Waals surface area contributed by atoms with E-state index < -0.39 is 4.92 Å². The lowest BCUT2D eigenvalue weighted by Gasteiger charge is -2.19. The van der Waals surface area contributed by atoms with Gasteiger partial charge < -0.3 is 10.2 Å². The Morgan fingerprint density at radius 1 is 1.33 bits per heavy atom. The van der Waals surface area contributed by atoms with Gasteiger partial charge in [0.1, 0.15) is 0 Å². The highest BCUT2D eigenvalue weighted by molar-refractivity contribution is 5.94. The fourth-order valence-electron chi connectivity index (χ4n) is 1.98. The molecule has 0 aromatic heterocycles. The number of rotatable bonds is 2. The molecule has 18 heavy (non-hydrogen) atoms. The van der Waals surface area contributed by atoms with Crippen LogP contribution in [-0.2, 0) is 0 Å². The third kappa shape index (κ3) is 2.84. The van der Waals surface area contributed by atoms with E-state index in [1.165, 1.54) is 12.1 Å². The van der Waals surface area contributed by atoms with Gasteiger partial charge in [-0.15, -0.1) is 0 Å². The van der Waals surface area contributed by atoms with Crippen molar-refractivity contribution in [2.24, 2.45) is 0 Å². The second kappa shape index (κ2) is 5.59. The molecule has 0 unspecified atom stereocenters. The van der Waals surface area contributed by atoms with Crippen LogP contribution < -0.4 is 5.32 Å². The Morgan fingerprint density at radius 2 is 2.17 bits per heavy atom. The average molecular weight is 249 g/mol. The molecule has 2 rings (SSSR count). The Kier molecular flexibility index (Phi) is 3.88. The monoisotopic (exact) mass is 249 g/mol. The van der Waals surface area contributed by atoms with Crippen molar-refractivity contribution in [1.82, 2.24) is 10.2 Å². The Balaban J connectivity index is 2.16. The number of carbonyl (C=O) groups excluding carboxylic acids is 1. The highest BCUT2D eigenvalue weighted by Gasteiger charge is 2.18. The van der Waals surface area contributed by atoms with Gasteiger partial charge in [0.2, 0.25) is 0 Å². The summed E-state index contributed by atoms with van der Waals surface area (Å²) in [6.07, 6.45) is 0.903. The molecule has 1 saturated heterocycles. The topological polar surface area (TPSA) is 75.5 Å². The van der Waals surface area contributed by atoms with Crippen LogP contribution in [0, 0.1) is 10.1 Å². The SMILES string of the molecule is O=C(c1cccc([N+](=O)[O-])c1)N1CCCNCC1. The van der Waals surface area contributed by atoms with Crippen molar-refractivity contribution in [3.8, 4) is 0 Å². The van der Waals surface area contributed by atoms with Crippen LogP contribution in [0.25, 0.3) is 0 Å². The molecule has 0 spiro atoms. The Hall–Kier alpha value is -1.95. The molecule has 0 aliphatic carbocycles. The molecule has 1 aliphatic heterocycles. The van der Waals surface area contributed by atoms with E-state index in [9.17, 15) is 14.9 Å². The van der Waals surface area contributed by atoms with Gasteiger partial charge in [-0.1, -0.05) is 6.07 Å². The summed E-state index contributed by atoms with van der Waals surface area (Å²) < 4.78 is 0. The lowest BCUT2D eigenvalue weighted by molar-refractivity contribution is -0.384. The second-order valence-corrected chi connectivity index (χ2v) is 4.20. The number of carbonyl (C=O) groups is 1. The first kappa shape index (κ1) is 12.5. The van der Waals surface area contributed by atoms with Crippen LogP contribution in [0.1, 0.15) is 16.8 Å². The summed E-state index contributed by atoms with van der Waals surface area (Å²) in [5, 5.41) is 13.9. The summed E-state index contributed by atoms with van der Waals surface area (Å²) in [7, 11) is 0. The van der Waals surface area contributed by atoms with Gasteiger partial charge in [0.15, 0.2) is 0 Å². The molecular weight excluding hydrogens is 234 g/mol. The van der Waals surface area contributed by atoms with Gasteiger partial charge in [0, 0.05) is 37.3 Å². The smallest absolute Gasteiger partial charge is 0.270 e. The predicted molar refractivity (Wildman–Crippen MR) is 66.5 cm³/mol. The van der Waals surface area contributed by atoms with Crippen molar-refractivity contribution in [2.45, 2.75) is 6.42 Å². The van der Waals surface area contributed by atoms with Gasteiger partial charge in [-0.2, -0.15) is 0 Å². The second-order valence-electron chi connectivity index (χ2n) is 4.20. The first-order valence-corrected chi connectivity index (χ1v) is 5.93. The van der Waals surface area contributed by atoms with Crippen LogP contribution in [0.3, 0.4) is 0 Å². The lowest BCUT2D eigenvalue weighted by atomic mass is 10.1. The summed E-state index contributed by atoms with van der Waals surface area (Å²) in [5.41, 5.74) is 0.333. The summed E-state index contributed by atoms with van der Waals surface area (Å²) in [5.74, 6) is -0.137. The number of nitro benzene ring substituents is 1. The van der Waals surface area contributed by atoms with E-state index in [1.807, 2.05) is 0 Å². The van der Waals surface area contributed by atoms with Gasteiger partial charge in [-0.25, -0.2) is 0 Å². The zero-order valence-corrected chi connectivity index (χ0v) is 9.96.